The van der Waals surface area contributed by atoms with E-state index in [1.807, 2.05) is 0 Å². The van der Waals surface area contributed by atoms with Crippen LogP contribution in [0.5, 0.6) is 0 Å². The molecule has 0 saturated heterocycles. The van der Waals surface area contributed by atoms with E-state index < -0.39 is 0 Å². The van der Waals surface area contributed by atoms with Gasteiger partial charge in [-0.2, -0.15) is 0 Å². The van der Waals surface area contributed by atoms with E-state index in [1.165, 1.54) is 24.0 Å². The van der Waals surface area contributed by atoms with Gasteiger partial charge in [-0.25, -0.2) is 0 Å². The maximum absolute atomic E-state index is 3.63. The van der Waals surface area contributed by atoms with Crippen molar-refractivity contribution in [2.45, 2.75) is 52.0 Å². The molecular weight excluding hydrogens is 206 g/mol. The average Bonchev–Trinajstić information content (AvgIpc) is 3.19. The molecule has 0 amide bonds. The van der Waals surface area contributed by atoms with Gasteiger partial charge in [0.25, 0.3) is 0 Å². The highest BCUT2D eigenvalue weighted by Crippen LogP contribution is 2.25. The predicted molar refractivity (Wildman–Crippen MR) is 74.4 cm³/mol. The SMILES string of the molecule is CCc1ccc(C(C)C(C)CNC2CC2)cc1. The van der Waals surface area contributed by atoms with Crippen molar-refractivity contribution in [2.24, 2.45) is 5.92 Å². The molecule has 1 nitrogen and oxygen atoms in total. The van der Waals surface area contributed by atoms with E-state index in [0.717, 1.165) is 19.0 Å². The maximum Gasteiger partial charge on any atom is 0.00683 e. The summed E-state index contributed by atoms with van der Waals surface area (Å²) in [5, 5.41) is 3.63. The van der Waals surface area contributed by atoms with Crippen molar-refractivity contribution in [2.75, 3.05) is 6.54 Å². The van der Waals surface area contributed by atoms with E-state index in [9.17, 15) is 0 Å². The predicted octanol–water partition coefficient (Wildman–Crippen LogP) is 3.74. The van der Waals surface area contributed by atoms with Crippen molar-refractivity contribution in [1.29, 1.82) is 0 Å². The highest BCUT2D eigenvalue weighted by atomic mass is 14.9. The Morgan fingerprint density at radius 3 is 2.35 bits per heavy atom. The van der Waals surface area contributed by atoms with Crippen LogP contribution in [0.1, 0.15) is 50.7 Å². The zero-order valence-corrected chi connectivity index (χ0v) is 11.4. The van der Waals surface area contributed by atoms with E-state index >= 15 is 0 Å². The van der Waals surface area contributed by atoms with E-state index in [4.69, 9.17) is 0 Å². The minimum absolute atomic E-state index is 0.646. The van der Waals surface area contributed by atoms with Crippen LogP contribution < -0.4 is 5.32 Å². The van der Waals surface area contributed by atoms with Gasteiger partial charge < -0.3 is 5.32 Å². The molecule has 1 saturated carbocycles. The summed E-state index contributed by atoms with van der Waals surface area (Å²) in [6, 6.07) is 9.97. The summed E-state index contributed by atoms with van der Waals surface area (Å²) in [6.07, 6.45) is 3.89. The van der Waals surface area contributed by atoms with Crippen molar-refractivity contribution in [3.63, 3.8) is 0 Å². The third-order valence-corrected chi connectivity index (χ3v) is 4.07. The first kappa shape index (κ1) is 12.6. The van der Waals surface area contributed by atoms with Crippen LogP contribution in [0.4, 0.5) is 0 Å². The number of benzene rings is 1. The lowest BCUT2D eigenvalue weighted by atomic mass is 9.88. The van der Waals surface area contributed by atoms with Crippen molar-refractivity contribution in [3.8, 4) is 0 Å². The summed E-state index contributed by atoms with van der Waals surface area (Å²) in [4.78, 5) is 0. The monoisotopic (exact) mass is 231 g/mol. The summed E-state index contributed by atoms with van der Waals surface area (Å²) in [5.74, 6) is 1.36. The second-order valence-electron chi connectivity index (χ2n) is 5.54. The standard InChI is InChI=1S/C16H25N/c1-4-14-5-7-15(8-6-14)13(3)12(2)11-17-16-9-10-16/h5-8,12-13,16-17H,4,9-11H2,1-3H3. The molecule has 1 aromatic rings. The first-order valence-corrected chi connectivity index (χ1v) is 7.03. The van der Waals surface area contributed by atoms with Crippen LogP contribution in [0.2, 0.25) is 0 Å². The summed E-state index contributed by atoms with van der Waals surface area (Å²) < 4.78 is 0. The van der Waals surface area contributed by atoms with Gasteiger partial charge in [0.2, 0.25) is 0 Å². The van der Waals surface area contributed by atoms with Gasteiger partial charge in [-0.1, -0.05) is 45.0 Å². The molecule has 0 aromatic heterocycles. The Labute approximate surface area is 106 Å². The van der Waals surface area contributed by atoms with Crippen molar-refractivity contribution < 1.29 is 0 Å². The third-order valence-electron chi connectivity index (χ3n) is 4.07. The fourth-order valence-electron chi connectivity index (χ4n) is 2.20. The highest BCUT2D eigenvalue weighted by Gasteiger charge is 2.22. The Morgan fingerprint density at radius 2 is 1.82 bits per heavy atom. The van der Waals surface area contributed by atoms with Gasteiger partial charge in [0.05, 0.1) is 0 Å². The topological polar surface area (TPSA) is 12.0 Å². The summed E-state index contributed by atoms with van der Waals surface area (Å²) >= 11 is 0. The fourth-order valence-corrected chi connectivity index (χ4v) is 2.20. The molecule has 0 radical (unpaired) electrons. The molecule has 0 heterocycles. The molecule has 1 aliphatic carbocycles. The molecule has 2 rings (SSSR count). The van der Waals surface area contributed by atoms with Gasteiger partial charge in [0, 0.05) is 6.04 Å². The van der Waals surface area contributed by atoms with Crippen LogP contribution in [0.25, 0.3) is 0 Å². The number of hydrogen-bond donors (Lipinski definition) is 1. The minimum atomic E-state index is 0.646. The van der Waals surface area contributed by atoms with E-state index in [2.05, 4.69) is 50.4 Å². The van der Waals surface area contributed by atoms with Crippen LogP contribution in [0.3, 0.4) is 0 Å². The Kier molecular flexibility index (Phi) is 4.22. The lowest BCUT2D eigenvalue weighted by Gasteiger charge is -2.21. The lowest BCUT2D eigenvalue weighted by molar-refractivity contribution is 0.446. The second-order valence-corrected chi connectivity index (χ2v) is 5.54. The van der Waals surface area contributed by atoms with Crippen molar-refractivity contribution in [1.82, 2.24) is 5.32 Å². The number of hydrogen-bond acceptors (Lipinski definition) is 1. The average molecular weight is 231 g/mol. The van der Waals surface area contributed by atoms with Gasteiger partial charge >= 0.3 is 0 Å². The lowest BCUT2D eigenvalue weighted by Crippen LogP contribution is -2.26. The zero-order valence-electron chi connectivity index (χ0n) is 11.4. The van der Waals surface area contributed by atoms with Gasteiger partial charge in [0.1, 0.15) is 0 Å². The van der Waals surface area contributed by atoms with E-state index in [0.29, 0.717) is 11.8 Å². The molecule has 1 heteroatoms. The smallest absolute Gasteiger partial charge is 0.00683 e. The molecule has 94 valence electrons. The van der Waals surface area contributed by atoms with Crippen molar-refractivity contribution in [3.05, 3.63) is 35.4 Å². The van der Waals surface area contributed by atoms with Crippen LogP contribution in [-0.4, -0.2) is 12.6 Å². The van der Waals surface area contributed by atoms with Gasteiger partial charge in [-0.15, -0.1) is 0 Å². The maximum atomic E-state index is 3.63. The Hall–Kier alpha value is -0.820. The number of nitrogens with one attached hydrogen (secondary N) is 1. The van der Waals surface area contributed by atoms with Crippen LogP contribution in [0, 0.1) is 5.92 Å². The van der Waals surface area contributed by atoms with E-state index in [1.54, 1.807) is 0 Å². The Morgan fingerprint density at radius 1 is 1.18 bits per heavy atom. The Bertz CT molecular complexity index is 337. The number of aryl methyl sites for hydroxylation is 1. The molecule has 1 aromatic carbocycles. The molecule has 2 unspecified atom stereocenters. The molecule has 1 aliphatic rings. The van der Waals surface area contributed by atoms with Crippen LogP contribution >= 0.6 is 0 Å². The highest BCUT2D eigenvalue weighted by molar-refractivity contribution is 5.25. The molecule has 2 atom stereocenters. The zero-order chi connectivity index (χ0) is 12.3. The quantitative estimate of drug-likeness (QED) is 0.786. The fraction of sp³-hybridized carbons (Fsp3) is 0.625. The van der Waals surface area contributed by atoms with E-state index in [-0.39, 0.29) is 0 Å². The first-order chi connectivity index (χ1) is 8.20. The number of rotatable bonds is 6. The summed E-state index contributed by atoms with van der Waals surface area (Å²) in [7, 11) is 0. The van der Waals surface area contributed by atoms with Crippen LogP contribution in [0.15, 0.2) is 24.3 Å². The first-order valence-electron chi connectivity index (χ1n) is 7.03. The molecule has 17 heavy (non-hydrogen) atoms. The van der Waals surface area contributed by atoms with Crippen LogP contribution in [-0.2, 0) is 6.42 Å². The molecule has 0 aliphatic heterocycles. The minimum Gasteiger partial charge on any atom is -0.314 e. The summed E-state index contributed by atoms with van der Waals surface area (Å²) in [5.41, 5.74) is 2.91. The molecule has 1 fully saturated rings. The normalized spacial score (nSPS) is 19.0. The molecule has 0 spiro atoms. The Balaban J connectivity index is 1.89. The van der Waals surface area contributed by atoms with Gasteiger partial charge in [-0.05, 0) is 48.8 Å². The van der Waals surface area contributed by atoms with Gasteiger partial charge in [-0.3, -0.25) is 0 Å². The van der Waals surface area contributed by atoms with Crippen molar-refractivity contribution >= 4 is 0 Å². The third kappa shape index (κ3) is 3.57. The molecule has 0 bridgehead atoms. The molecule has 1 N–H and O–H groups in total. The molecular formula is C16H25N. The second kappa shape index (κ2) is 5.68. The summed E-state index contributed by atoms with van der Waals surface area (Å²) in [6.45, 7) is 8.07. The van der Waals surface area contributed by atoms with Gasteiger partial charge in [0.15, 0.2) is 0 Å². The largest absolute Gasteiger partial charge is 0.314 e.